The molecule has 2 heterocycles. The summed E-state index contributed by atoms with van der Waals surface area (Å²) in [6.07, 6.45) is 2.08. The van der Waals surface area contributed by atoms with Crippen molar-refractivity contribution in [2.75, 3.05) is 29.8 Å². The molecule has 0 radical (unpaired) electrons. The molecule has 1 aromatic heterocycles. The van der Waals surface area contributed by atoms with Crippen molar-refractivity contribution in [3.8, 4) is 11.5 Å². The molecule has 1 aliphatic heterocycles. The molecule has 33 heavy (non-hydrogen) atoms. The number of ether oxygens (including phenoxy) is 2. The minimum atomic E-state index is -3.86. The molecule has 1 aliphatic rings. The van der Waals surface area contributed by atoms with E-state index in [1.165, 1.54) is 48.7 Å². The third kappa shape index (κ3) is 5.63. The van der Waals surface area contributed by atoms with Crippen LogP contribution in [-0.2, 0) is 14.8 Å². The van der Waals surface area contributed by atoms with Crippen LogP contribution in [-0.4, -0.2) is 40.0 Å². The SMILES string of the molecule is O=C(CNC(=O)c1ccco1)Nc1ccc(NS(=O)(=O)c2ccc3c(c2)OCCCO3)cc1. The summed E-state index contributed by atoms with van der Waals surface area (Å²) in [6.45, 7) is 0.707. The maximum absolute atomic E-state index is 12.8. The van der Waals surface area contributed by atoms with Gasteiger partial charge in [-0.05, 0) is 48.5 Å². The Balaban J connectivity index is 1.34. The summed E-state index contributed by atoms with van der Waals surface area (Å²) in [5.41, 5.74) is 0.747. The van der Waals surface area contributed by atoms with Crippen LogP contribution >= 0.6 is 0 Å². The van der Waals surface area contributed by atoms with E-state index in [9.17, 15) is 18.0 Å². The number of hydrogen-bond acceptors (Lipinski definition) is 7. The molecular formula is C22H21N3O7S. The van der Waals surface area contributed by atoms with Gasteiger partial charge in [-0.1, -0.05) is 0 Å². The number of hydrogen-bond donors (Lipinski definition) is 3. The first-order chi connectivity index (χ1) is 15.9. The van der Waals surface area contributed by atoms with Crippen LogP contribution in [0.15, 0.2) is 70.2 Å². The van der Waals surface area contributed by atoms with Gasteiger partial charge in [-0.2, -0.15) is 0 Å². The number of furan rings is 1. The highest BCUT2D eigenvalue weighted by atomic mass is 32.2. The Morgan fingerprint density at radius 1 is 0.909 bits per heavy atom. The van der Waals surface area contributed by atoms with E-state index in [1.54, 1.807) is 12.1 Å². The van der Waals surface area contributed by atoms with Gasteiger partial charge in [-0.3, -0.25) is 14.3 Å². The molecule has 0 aliphatic carbocycles. The Morgan fingerprint density at radius 2 is 1.64 bits per heavy atom. The molecule has 0 fully saturated rings. The summed E-state index contributed by atoms with van der Waals surface area (Å²) in [4.78, 5) is 23.9. The zero-order valence-electron chi connectivity index (χ0n) is 17.4. The van der Waals surface area contributed by atoms with Crippen LogP contribution in [0.25, 0.3) is 0 Å². The Bertz CT molecular complexity index is 1240. The van der Waals surface area contributed by atoms with Crippen molar-refractivity contribution >= 4 is 33.2 Å². The number of carbonyl (C=O) groups excluding carboxylic acids is 2. The van der Waals surface area contributed by atoms with Crippen molar-refractivity contribution < 1.29 is 31.9 Å². The van der Waals surface area contributed by atoms with Gasteiger partial charge in [0.25, 0.3) is 15.9 Å². The number of benzene rings is 2. The van der Waals surface area contributed by atoms with E-state index in [2.05, 4.69) is 15.4 Å². The largest absolute Gasteiger partial charge is 0.490 e. The second kappa shape index (κ2) is 9.65. The van der Waals surface area contributed by atoms with Crippen molar-refractivity contribution in [2.45, 2.75) is 11.3 Å². The van der Waals surface area contributed by atoms with Crippen LogP contribution in [0, 0.1) is 0 Å². The number of fused-ring (bicyclic) bond motifs is 1. The van der Waals surface area contributed by atoms with Crippen LogP contribution in [0.5, 0.6) is 11.5 Å². The second-order valence-corrected chi connectivity index (χ2v) is 8.73. The van der Waals surface area contributed by atoms with Gasteiger partial charge in [0.15, 0.2) is 17.3 Å². The molecule has 0 saturated carbocycles. The minimum absolute atomic E-state index is 0.0384. The van der Waals surface area contributed by atoms with Crippen molar-refractivity contribution in [1.29, 1.82) is 0 Å². The van der Waals surface area contributed by atoms with Crippen molar-refractivity contribution in [2.24, 2.45) is 0 Å². The number of rotatable bonds is 7. The lowest BCUT2D eigenvalue weighted by molar-refractivity contribution is -0.115. The number of nitrogens with one attached hydrogen (secondary N) is 3. The molecule has 11 heteroatoms. The molecule has 0 saturated heterocycles. The van der Waals surface area contributed by atoms with E-state index >= 15 is 0 Å². The maximum atomic E-state index is 12.8. The maximum Gasteiger partial charge on any atom is 0.287 e. The fourth-order valence-electron chi connectivity index (χ4n) is 3.01. The first-order valence-electron chi connectivity index (χ1n) is 10.0. The highest BCUT2D eigenvalue weighted by Crippen LogP contribution is 2.32. The van der Waals surface area contributed by atoms with Gasteiger partial charge >= 0.3 is 0 Å². The van der Waals surface area contributed by atoms with Gasteiger partial charge < -0.3 is 24.5 Å². The van der Waals surface area contributed by atoms with Crippen LogP contribution in [0.4, 0.5) is 11.4 Å². The standard InChI is InChI=1S/C22H21N3O7S/c26-21(14-23-22(27)19-3-1-10-31-19)24-15-4-6-16(7-5-15)25-33(28,29)17-8-9-18-20(13-17)32-12-2-11-30-18/h1,3-10,13,25H,2,11-12,14H2,(H,23,27)(H,24,26). The molecule has 4 rings (SSSR count). The number of amides is 2. The monoisotopic (exact) mass is 471 g/mol. The summed E-state index contributed by atoms with van der Waals surface area (Å²) in [7, 11) is -3.86. The van der Waals surface area contributed by atoms with Gasteiger partial charge in [0, 0.05) is 23.9 Å². The van der Waals surface area contributed by atoms with Crippen molar-refractivity contribution in [3.63, 3.8) is 0 Å². The fraction of sp³-hybridized carbons (Fsp3) is 0.182. The lowest BCUT2D eigenvalue weighted by Gasteiger charge is -2.12. The quantitative estimate of drug-likeness (QED) is 0.482. The average molecular weight is 471 g/mol. The van der Waals surface area contributed by atoms with E-state index in [0.29, 0.717) is 42.5 Å². The smallest absolute Gasteiger partial charge is 0.287 e. The lowest BCUT2D eigenvalue weighted by Crippen LogP contribution is -2.32. The highest BCUT2D eigenvalue weighted by molar-refractivity contribution is 7.92. The first kappa shape index (κ1) is 22.2. The molecule has 0 spiro atoms. The molecule has 0 bridgehead atoms. The lowest BCUT2D eigenvalue weighted by atomic mass is 10.3. The third-order valence-electron chi connectivity index (χ3n) is 4.60. The molecule has 3 N–H and O–H groups in total. The highest BCUT2D eigenvalue weighted by Gasteiger charge is 2.19. The molecule has 10 nitrogen and oxygen atoms in total. The summed E-state index contributed by atoms with van der Waals surface area (Å²) in [5, 5.41) is 5.05. The topological polar surface area (TPSA) is 136 Å². The molecule has 2 amide bonds. The fourth-order valence-corrected chi connectivity index (χ4v) is 4.08. The van der Waals surface area contributed by atoms with E-state index in [1.807, 2.05) is 0 Å². The second-order valence-electron chi connectivity index (χ2n) is 7.05. The predicted molar refractivity (Wildman–Crippen MR) is 119 cm³/mol. The molecule has 0 unspecified atom stereocenters. The summed E-state index contributed by atoms with van der Waals surface area (Å²) in [6, 6.07) is 13.6. The average Bonchev–Trinajstić information content (AvgIpc) is 3.24. The van der Waals surface area contributed by atoms with Crippen LogP contribution < -0.4 is 24.8 Å². The predicted octanol–water partition coefficient (Wildman–Crippen LogP) is 2.61. The summed E-state index contributed by atoms with van der Waals surface area (Å²) >= 11 is 0. The van der Waals surface area contributed by atoms with Gasteiger partial charge in [-0.15, -0.1) is 0 Å². The van der Waals surface area contributed by atoms with Crippen molar-refractivity contribution in [1.82, 2.24) is 5.32 Å². The van der Waals surface area contributed by atoms with E-state index in [-0.39, 0.29) is 17.2 Å². The van der Waals surface area contributed by atoms with E-state index in [4.69, 9.17) is 13.9 Å². The molecule has 0 atom stereocenters. The molecule has 3 aromatic rings. The summed E-state index contributed by atoms with van der Waals surface area (Å²) < 4.78 is 44.0. The molecule has 172 valence electrons. The molecular weight excluding hydrogens is 450 g/mol. The Kier molecular flexibility index (Phi) is 6.50. The zero-order chi connectivity index (χ0) is 23.3. The van der Waals surface area contributed by atoms with Gasteiger partial charge in [0.1, 0.15) is 0 Å². The summed E-state index contributed by atoms with van der Waals surface area (Å²) in [5.74, 6) is 0.0394. The van der Waals surface area contributed by atoms with Crippen LogP contribution in [0.1, 0.15) is 17.0 Å². The Labute approximate surface area is 189 Å². The minimum Gasteiger partial charge on any atom is -0.490 e. The van der Waals surface area contributed by atoms with E-state index < -0.39 is 21.8 Å². The zero-order valence-corrected chi connectivity index (χ0v) is 18.2. The Hall–Kier alpha value is -3.99. The van der Waals surface area contributed by atoms with Crippen LogP contribution in [0.3, 0.4) is 0 Å². The Morgan fingerprint density at radius 3 is 2.36 bits per heavy atom. The van der Waals surface area contributed by atoms with Gasteiger partial charge in [-0.25, -0.2) is 8.42 Å². The first-order valence-corrected chi connectivity index (χ1v) is 11.5. The number of sulfonamides is 1. The number of carbonyl (C=O) groups is 2. The van der Waals surface area contributed by atoms with Crippen molar-refractivity contribution in [3.05, 3.63) is 66.6 Å². The van der Waals surface area contributed by atoms with Crippen LogP contribution in [0.2, 0.25) is 0 Å². The van der Waals surface area contributed by atoms with Gasteiger partial charge in [0.05, 0.1) is 30.9 Å². The number of anilines is 2. The normalized spacial score (nSPS) is 13.0. The van der Waals surface area contributed by atoms with E-state index in [0.717, 1.165) is 0 Å². The molecule has 2 aromatic carbocycles. The third-order valence-corrected chi connectivity index (χ3v) is 5.98. The van der Waals surface area contributed by atoms with Gasteiger partial charge in [0.2, 0.25) is 5.91 Å².